The lowest BCUT2D eigenvalue weighted by atomic mass is 9.96. The molecule has 1 unspecified atom stereocenters. The molecule has 238 valence electrons. The molecule has 0 fully saturated rings. The Balaban J connectivity index is 1.21. The maximum atomic E-state index is 15.8. The number of benzene rings is 7. The highest BCUT2D eigenvalue weighted by molar-refractivity contribution is 7.86. The number of nitrogens with zero attached hydrogens (tertiary/aromatic N) is 1. The first-order valence-electron chi connectivity index (χ1n) is 17.0. The second kappa shape index (κ2) is 11.9. The molecule has 0 spiro atoms. The van der Waals surface area contributed by atoms with E-state index in [9.17, 15) is 0 Å². The Morgan fingerprint density at radius 1 is 0.580 bits per heavy atom. The monoisotopic (exact) mass is 659 g/mol. The van der Waals surface area contributed by atoms with Crippen LogP contribution < -0.4 is 15.9 Å². The zero-order chi connectivity index (χ0) is 33.8. The van der Waals surface area contributed by atoms with Crippen LogP contribution in [0.1, 0.15) is 18.2 Å². The first kappa shape index (κ1) is 30.1. The average Bonchev–Trinajstić information content (AvgIpc) is 3.64. The summed E-state index contributed by atoms with van der Waals surface area (Å²) in [5.41, 5.74) is 10.8. The Morgan fingerprint density at radius 2 is 1.22 bits per heavy atom. The first-order chi connectivity index (χ1) is 24.6. The maximum absolute atomic E-state index is 15.8. The minimum Gasteiger partial charge on any atom is -0.309 e. The standard InChI is InChI=1S/C47H34NOP/c1-3-13-44-38(4-2)42-30-31-43-41-19-10-11-21-45(41)50(49,37-16-6-5-7-17-37)47(43)46(42)48(44)36-28-26-33(27-29-36)32-22-24-35(25-23-32)40-20-12-15-34-14-8-9-18-39(34)40/h3-31H,2H2,1H3/b13-3-. The third-order valence-corrected chi connectivity index (χ3v) is 13.3. The van der Waals surface area contributed by atoms with E-state index >= 15 is 4.57 Å². The van der Waals surface area contributed by atoms with Gasteiger partial charge in [-0.25, -0.2) is 0 Å². The van der Waals surface area contributed by atoms with Crippen molar-refractivity contribution in [3.05, 3.63) is 182 Å². The van der Waals surface area contributed by atoms with E-state index in [0.29, 0.717) is 0 Å². The highest BCUT2D eigenvalue weighted by Crippen LogP contribution is 2.54. The van der Waals surface area contributed by atoms with Crippen molar-refractivity contribution >= 4 is 56.9 Å². The van der Waals surface area contributed by atoms with Crippen LogP contribution in [-0.4, -0.2) is 4.57 Å². The summed E-state index contributed by atoms with van der Waals surface area (Å²) in [7, 11) is -3.21. The van der Waals surface area contributed by atoms with Crippen molar-refractivity contribution in [2.75, 3.05) is 0 Å². The number of rotatable bonds is 6. The fraction of sp³-hybridized carbons (Fsp3) is 0.0213. The second-order valence-corrected chi connectivity index (χ2v) is 15.5. The molecule has 1 aliphatic rings. The molecule has 1 atom stereocenters. The van der Waals surface area contributed by atoms with Gasteiger partial charge in [0, 0.05) is 27.2 Å². The molecular weight excluding hydrogens is 625 g/mol. The third-order valence-electron chi connectivity index (χ3n) is 10.1. The van der Waals surface area contributed by atoms with Crippen molar-refractivity contribution in [2.24, 2.45) is 0 Å². The Kier molecular flexibility index (Phi) is 7.16. The molecule has 8 aromatic rings. The normalized spacial score (nSPS) is 15.1. The van der Waals surface area contributed by atoms with Gasteiger partial charge in [-0.3, -0.25) is 0 Å². The Hall–Kier alpha value is -5.95. The minimum atomic E-state index is -3.21. The van der Waals surface area contributed by atoms with Gasteiger partial charge in [-0.15, -0.1) is 0 Å². The highest BCUT2D eigenvalue weighted by Gasteiger charge is 2.43. The van der Waals surface area contributed by atoms with Crippen molar-refractivity contribution < 1.29 is 4.57 Å². The molecule has 0 N–H and O–H groups in total. The van der Waals surface area contributed by atoms with Gasteiger partial charge >= 0.3 is 0 Å². The summed E-state index contributed by atoms with van der Waals surface area (Å²) in [6.07, 6.45) is 6.14. The molecule has 0 radical (unpaired) electrons. The number of hydrogen-bond donors (Lipinski definition) is 0. The van der Waals surface area contributed by atoms with E-state index in [-0.39, 0.29) is 0 Å². The van der Waals surface area contributed by atoms with Crippen LogP contribution in [0.15, 0.2) is 170 Å². The largest absolute Gasteiger partial charge is 0.309 e. The molecule has 2 nitrogen and oxygen atoms in total. The molecule has 0 aliphatic carbocycles. The molecule has 0 bridgehead atoms. The molecule has 0 saturated heterocycles. The first-order valence-corrected chi connectivity index (χ1v) is 18.7. The Bertz CT molecular complexity index is 2670. The zero-order valence-electron chi connectivity index (χ0n) is 27.8. The summed E-state index contributed by atoms with van der Waals surface area (Å²) >= 11 is 0. The molecule has 7 aromatic carbocycles. The average molecular weight is 660 g/mol. The van der Waals surface area contributed by atoms with Gasteiger partial charge in [-0.1, -0.05) is 164 Å². The van der Waals surface area contributed by atoms with Crippen molar-refractivity contribution in [2.45, 2.75) is 6.92 Å². The second-order valence-electron chi connectivity index (χ2n) is 12.8. The van der Waals surface area contributed by atoms with Crippen LogP contribution in [0.2, 0.25) is 0 Å². The third kappa shape index (κ3) is 4.46. The summed E-state index contributed by atoms with van der Waals surface area (Å²) in [4.78, 5) is 0. The highest BCUT2D eigenvalue weighted by atomic mass is 31.2. The number of aromatic nitrogens is 1. The van der Waals surface area contributed by atoms with Crippen LogP contribution in [0.3, 0.4) is 0 Å². The van der Waals surface area contributed by atoms with E-state index < -0.39 is 7.14 Å². The lowest BCUT2D eigenvalue weighted by Gasteiger charge is -2.19. The van der Waals surface area contributed by atoms with Gasteiger partial charge < -0.3 is 9.13 Å². The summed E-state index contributed by atoms with van der Waals surface area (Å²) < 4.78 is 18.1. The van der Waals surface area contributed by atoms with E-state index in [1.165, 1.54) is 21.9 Å². The van der Waals surface area contributed by atoms with Gasteiger partial charge in [0.2, 0.25) is 0 Å². The topological polar surface area (TPSA) is 22.0 Å². The molecule has 1 aliphatic heterocycles. The van der Waals surface area contributed by atoms with Crippen LogP contribution >= 0.6 is 7.14 Å². The van der Waals surface area contributed by atoms with Gasteiger partial charge in [0.1, 0.15) is 0 Å². The molecule has 0 amide bonds. The Morgan fingerprint density at radius 3 is 1.98 bits per heavy atom. The van der Waals surface area contributed by atoms with Crippen molar-refractivity contribution in [1.82, 2.24) is 4.57 Å². The number of allylic oxidation sites excluding steroid dienone is 1. The molecule has 3 heteroatoms. The van der Waals surface area contributed by atoms with Gasteiger partial charge in [0.05, 0.1) is 16.5 Å². The van der Waals surface area contributed by atoms with E-state index in [0.717, 1.165) is 66.0 Å². The molecule has 50 heavy (non-hydrogen) atoms. The lowest BCUT2D eigenvalue weighted by molar-refractivity contribution is 0.593. The molecule has 0 saturated carbocycles. The minimum absolute atomic E-state index is 0.849. The molecule has 2 heterocycles. The maximum Gasteiger partial charge on any atom is 0.174 e. The lowest BCUT2D eigenvalue weighted by Crippen LogP contribution is -2.22. The van der Waals surface area contributed by atoms with Crippen molar-refractivity contribution in [3.63, 3.8) is 0 Å². The van der Waals surface area contributed by atoms with Gasteiger partial charge in [0.25, 0.3) is 0 Å². The smallest absolute Gasteiger partial charge is 0.174 e. The molecular formula is C47H34NOP. The van der Waals surface area contributed by atoms with Crippen LogP contribution in [0.4, 0.5) is 0 Å². The van der Waals surface area contributed by atoms with Crippen molar-refractivity contribution in [3.8, 4) is 39.1 Å². The summed E-state index contributed by atoms with van der Waals surface area (Å²) in [5.74, 6) is 0. The molecule has 9 rings (SSSR count). The van der Waals surface area contributed by atoms with E-state index in [4.69, 9.17) is 0 Å². The summed E-state index contributed by atoms with van der Waals surface area (Å²) in [6.45, 7) is 6.28. The van der Waals surface area contributed by atoms with E-state index in [2.05, 4.69) is 132 Å². The van der Waals surface area contributed by atoms with Gasteiger partial charge in [-0.05, 0) is 69.3 Å². The Labute approximate surface area is 292 Å². The van der Waals surface area contributed by atoms with Crippen LogP contribution in [-0.2, 0) is 4.57 Å². The van der Waals surface area contributed by atoms with E-state index in [1.807, 2.05) is 61.5 Å². The number of hydrogen-bond acceptors (Lipinski definition) is 1. The predicted molar refractivity (Wildman–Crippen MR) is 215 cm³/mol. The molecule has 1 aromatic heterocycles. The van der Waals surface area contributed by atoms with Crippen LogP contribution in [0.25, 0.3) is 72.9 Å². The fourth-order valence-corrected chi connectivity index (χ4v) is 11.1. The van der Waals surface area contributed by atoms with Gasteiger partial charge in [0.15, 0.2) is 7.14 Å². The summed E-state index contributed by atoms with van der Waals surface area (Å²) in [5, 5.41) is 6.19. The zero-order valence-corrected chi connectivity index (χ0v) is 28.6. The van der Waals surface area contributed by atoms with Gasteiger partial charge in [-0.2, -0.15) is 0 Å². The SMILES string of the molecule is C=Cc1c(/C=C\C)n(-c2ccc(-c3ccc(-c4cccc5ccccc45)cc3)cc2)c2c3c(ccc12)-c1ccccc1P3(=O)c1ccccc1. The fourth-order valence-electron chi connectivity index (χ4n) is 7.87. The van der Waals surface area contributed by atoms with Crippen LogP contribution in [0.5, 0.6) is 0 Å². The summed E-state index contributed by atoms with van der Waals surface area (Å²) in [6, 6.07) is 55.1. The quantitative estimate of drug-likeness (QED) is 0.163. The van der Waals surface area contributed by atoms with Crippen LogP contribution in [0, 0.1) is 0 Å². The number of fused-ring (bicyclic) bond motifs is 6. The predicted octanol–water partition coefficient (Wildman–Crippen LogP) is 11.4. The van der Waals surface area contributed by atoms with E-state index in [1.54, 1.807) is 0 Å². The van der Waals surface area contributed by atoms with Crippen molar-refractivity contribution in [1.29, 1.82) is 0 Å².